The number of hydrogen-bond acceptors (Lipinski definition) is 0. The minimum absolute atomic E-state index is 1.26. The van der Waals surface area contributed by atoms with Gasteiger partial charge < -0.3 is 4.57 Å². The second-order valence-corrected chi connectivity index (χ2v) is 5.21. The molecule has 20 heavy (non-hydrogen) atoms. The van der Waals surface area contributed by atoms with Crippen LogP contribution in [0.1, 0.15) is 0 Å². The molecule has 0 spiro atoms. The van der Waals surface area contributed by atoms with Crippen molar-refractivity contribution in [3.8, 4) is 11.3 Å². The maximum Gasteiger partial charge on any atom is 0.0488 e. The molecule has 0 saturated carbocycles. The molecule has 96 valence electrons. The van der Waals surface area contributed by atoms with Gasteiger partial charge in [-0.2, -0.15) is 0 Å². The minimum Gasteiger partial charge on any atom is -0.344 e. The van der Waals surface area contributed by atoms with Crippen LogP contribution in [0.5, 0.6) is 0 Å². The van der Waals surface area contributed by atoms with E-state index in [1.807, 2.05) is 0 Å². The third-order valence-electron chi connectivity index (χ3n) is 4.00. The Morgan fingerprint density at radius 3 is 2.15 bits per heavy atom. The molecule has 1 nitrogen and oxygen atoms in total. The average Bonchev–Trinajstić information content (AvgIpc) is 2.84. The molecule has 0 atom stereocenters. The van der Waals surface area contributed by atoms with Crippen LogP contribution in [-0.4, -0.2) is 4.57 Å². The quantitative estimate of drug-likeness (QED) is 0.452. The molecule has 1 heterocycles. The summed E-state index contributed by atoms with van der Waals surface area (Å²) in [6.45, 7) is 0. The van der Waals surface area contributed by atoms with Gasteiger partial charge in [0.2, 0.25) is 0 Å². The third kappa shape index (κ3) is 1.64. The average molecular weight is 257 g/mol. The van der Waals surface area contributed by atoms with Crippen molar-refractivity contribution in [2.45, 2.75) is 0 Å². The molecule has 4 rings (SSSR count). The summed E-state index contributed by atoms with van der Waals surface area (Å²) in [7, 11) is 2.13. The first-order valence-corrected chi connectivity index (χ1v) is 6.86. The Morgan fingerprint density at radius 2 is 1.35 bits per heavy atom. The molecule has 0 bridgehead atoms. The Bertz CT molecular complexity index is 915. The van der Waals surface area contributed by atoms with Crippen molar-refractivity contribution in [2.75, 3.05) is 0 Å². The van der Waals surface area contributed by atoms with Crippen LogP contribution in [0.25, 0.3) is 32.9 Å². The molecule has 0 aliphatic rings. The van der Waals surface area contributed by atoms with Crippen molar-refractivity contribution < 1.29 is 0 Å². The summed E-state index contributed by atoms with van der Waals surface area (Å²) in [6, 6.07) is 25.9. The Balaban J connectivity index is 1.98. The number of nitrogens with zero attached hydrogens (tertiary/aromatic N) is 1. The molecule has 1 aromatic heterocycles. The first-order chi connectivity index (χ1) is 9.83. The molecule has 0 unspecified atom stereocenters. The van der Waals surface area contributed by atoms with Crippen molar-refractivity contribution in [3.63, 3.8) is 0 Å². The highest BCUT2D eigenvalue weighted by Gasteiger charge is 2.07. The van der Waals surface area contributed by atoms with Gasteiger partial charge in [-0.1, -0.05) is 54.6 Å². The lowest BCUT2D eigenvalue weighted by Gasteiger charge is -2.06. The van der Waals surface area contributed by atoms with E-state index in [4.69, 9.17) is 0 Å². The molecular weight excluding hydrogens is 242 g/mol. The molecule has 0 radical (unpaired) electrons. The van der Waals surface area contributed by atoms with Crippen LogP contribution in [-0.2, 0) is 7.05 Å². The molecule has 0 amide bonds. The number of benzene rings is 3. The van der Waals surface area contributed by atoms with E-state index in [-0.39, 0.29) is 0 Å². The number of aryl methyl sites for hydroxylation is 1. The largest absolute Gasteiger partial charge is 0.344 e. The number of hydrogen-bond donors (Lipinski definition) is 0. The zero-order valence-corrected chi connectivity index (χ0v) is 11.4. The van der Waals surface area contributed by atoms with Gasteiger partial charge in [0.1, 0.15) is 0 Å². The first-order valence-electron chi connectivity index (χ1n) is 6.86. The van der Waals surface area contributed by atoms with Crippen molar-refractivity contribution in [3.05, 3.63) is 72.8 Å². The van der Waals surface area contributed by atoms with E-state index >= 15 is 0 Å². The van der Waals surface area contributed by atoms with Gasteiger partial charge in [0.15, 0.2) is 0 Å². The van der Waals surface area contributed by atoms with Crippen LogP contribution in [0.15, 0.2) is 72.8 Å². The third-order valence-corrected chi connectivity index (χ3v) is 4.00. The number of fused-ring (bicyclic) bond motifs is 2. The molecule has 0 saturated heterocycles. The van der Waals surface area contributed by atoms with Gasteiger partial charge in [-0.3, -0.25) is 0 Å². The number of para-hydroxylation sites is 1. The summed E-state index contributed by atoms with van der Waals surface area (Å²) in [5, 5.41) is 3.86. The zero-order chi connectivity index (χ0) is 13.5. The Morgan fingerprint density at radius 1 is 0.650 bits per heavy atom. The summed E-state index contributed by atoms with van der Waals surface area (Å²) >= 11 is 0. The molecule has 0 fully saturated rings. The fraction of sp³-hybridized carbons (Fsp3) is 0.0526. The summed E-state index contributed by atoms with van der Waals surface area (Å²) in [5.41, 5.74) is 3.80. The van der Waals surface area contributed by atoms with Crippen LogP contribution >= 0.6 is 0 Å². The van der Waals surface area contributed by atoms with Gasteiger partial charge in [-0.05, 0) is 34.5 Å². The van der Waals surface area contributed by atoms with Crippen LogP contribution in [0.4, 0.5) is 0 Å². The zero-order valence-electron chi connectivity index (χ0n) is 11.4. The fourth-order valence-corrected chi connectivity index (χ4v) is 2.91. The van der Waals surface area contributed by atoms with E-state index in [9.17, 15) is 0 Å². The number of rotatable bonds is 1. The van der Waals surface area contributed by atoms with E-state index in [1.54, 1.807) is 0 Å². The lowest BCUT2D eigenvalue weighted by Crippen LogP contribution is -1.90. The predicted octanol–water partition coefficient (Wildman–Crippen LogP) is 5.00. The Kier molecular flexibility index (Phi) is 2.40. The van der Waals surface area contributed by atoms with E-state index in [2.05, 4.69) is 84.4 Å². The van der Waals surface area contributed by atoms with Gasteiger partial charge in [0.05, 0.1) is 0 Å². The fourth-order valence-electron chi connectivity index (χ4n) is 2.91. The molecule has 0 aliphatic carbocycles. The Labute approximate surface area is 118 Å². The minimum atomic E-state index is 1.26. The van der Waals surface area contributed by atoms with E-state index in [0.29, 0.717) is 0 Å². The highest BCUT2D eigenvalue weighted by atomic mass is 14.9. The monoisotopic (exact) mass is 257 g/mol. The lowest BCUT2D eigenvalue weighted by atomic mass is 10.1. The predicted molar refractivity (Wildman–Crippen MR) is 85.9 cm³/mol. The molecule has 0 N–H and O–H groups in total. The first kappa shape index (κ1) is 11.3. The SMILES string of the molecule is Cn1c(-c2ccc3ccccc3c2)cc2ccccc21. The van der Waals surface area contributed by atoms with Crippen LogP contribution in [0.3, 0.4) is 0 Å². The van der Waals surface area contributed by atoms with Crippen molar-refractivity contribution in [1.29, 1.82) is 0 Å². The topological polar surface area (TPSA) is 4.93 Å². The standard InChI is InChI=1S/C19H15N/c1-20-18-9-5-4-8-16(18)13-19(20)17-11-10-14-6-2-3-7-15(14)12-17/h2-13H,1H3. The van der Waals surface area contributed by atoms with Gasteiger partial charge in [0.25, 0.3) is 0 Å². The summed E-state index contributed by atoms with van der Waals surface area (Å²) in [5.74, 6) is 0. The highest BCUT2D eigenvalue weighted by molar-refractivity contribution is 5.91. The van der Waals surface area contributed by atoms with Gasteiger partial charge in [-0.25, -0.2) is 0 Å². The highest BCUT2D eigenvalue weighted by Crippen LogP contribution is 2.29. The van der Waals surface area contributed by atoms with Gasteiger partial charge >= 0.3 is 0 Å². The van der Waals surface area contributed by atoms with Gasteiger partial charge in [0, 0.05) is 23.6 Å². The second kappa shape index (κ2) is 4.24. The van der Waals surface area contributed by atoms with Crippen molar-refractivity contribution in [2.24, 2.45) is 7.05 Å². The smallest absolute Gasteiger partial charge is 0.0488 e. The van der Waals surface area contributed by atoms with Crippen LogP contribution < -0.4 is 0 Å². The Hall–Kier alpha value is -2.54. The molecule has 0 aliphatic heterocycles. The van der Waals surface area contributed by atoms with E-state index in [0.717, 1.165) is 0 Å². The van der Waals surface area contributed by atoms with E-state index < -0.39 is 0 Å². The van der Waals surface area contributed by atoms with Crippen LogP contribution in [0, 0.1) is 0 Å². The summed E-state index contributed by atoms with van der Waals surface area (Å²) in [6.07, 6.45) is 0. The summed E-state index contributed by atoms with van der Waals surface area (Å²) < 4.78 is 2.26. The van der Waals surface area contributed by atoms with Gasteiger partial charge in [-0.15, -0.1) is 0 Å². The van der Waals surface area contributed by atoms with Crippen LogP contribution in [0.2, 0.25) is 0 Å². The van der Waals surface area contributed by atoms with Crippen molar-refractivity contribution >= 4 is 21.7 Å². The lowest BCUT2D eigenvalue weighted by molar-refractivity contribution is 0.979. The second-order valence-electron chi connectivity index (χ2n) is 5.21. The summed E-state index contributed by atoms with van der Waals surface area (Å²) in [4.78, 5) is 0. The molecular formula is C19H15N. The molecule has 3 aromatic carbocycles. The molecule has 1 heteroatoms. The van der Waals surface area contributed by atoms with Crippen molar-refractivity contribution in [1.82, 2.24) is 4.57 Å². The van der Waals surface area contributed by atoms with E-state index in [1.165, 1.54) is 32.9 Å². The maximum absolute atomic E-state index is 2.27. The number of aromatic nitrogens is 1. The molecule has 4 aromatic rings. The maximum atomic E-state index is 2.27. The normalized spacial score (nSPS) is 11.2.